The maximum atomic E-state index is 5.37. The third-order valence-electron chi connectivity index (χ3n) is 3.57. The minimum absolute atomic E-state index is 0.550. The van der Waals surface area contributed by atoms with Crippen molar-refractivity contribution in [3.63, 3.8) is 0 Å². The molecule has 0 atom stereocenters. The number of imidazole rings is 1. The molecule has 3 nitrogen and oxygen atoms in total. The van der Waals surface area contributed by atoms with Crippen molar-refractivity contribution in [1.82, 2.24) is 9.97 Å². The van der Waals surface area contributed by atoms with Gasteiger partial charge in [-0.25, -0.2) is 4.98 Å². The first-order valence-electron chi connectivity index (χ1n) is 8.18. The van der Waals surface area contributed by atoms with Gasteiger partial charge in [0.05, 0.1) is 0 Å². The van der Waals surface area contributed by atoms with Crippen molar-refractivity contribution in [3.05, 3.63) is 109 Å². The van der Waals surface area contributed by atoms with Gasteiger partial charge in [0, 0.05) is 12.4 Å². The van der Waals surface area contributed by atoms with Crippen molar-refractivity contribution < 1.29 is 4.74 Å². The molecule has 0 saturated carbocycles. The maximum Gasteiger partial charge on any atom is 0.293 e. The summed E-state index contributed by atoms with van der Waals surface area (Å²) in [5.74, 6) is 0. The van der Waals surface area contributed by atoms with Crippen LogP contribution in [0.3, 0.4) is 0 Å². The summed E-state index contributed by atoms with van der Waals surface area (Å²) in [7, 11) is 0. The fourth-order valence-corrected chi connectivity index (χ4v) is 2.32. The molecule has 1 aromatic heterocycles. The first kappa shape index (κ1) is 16.5. The molecule has 0 fully saturated rings. The fourth-order valence-electron chi connectivity index (χ4n) is 2.32. The number of ether oxygens (including phenoxy) is 1. The first-order chi connectivity index (χ1) is 12.4. The van der Waals surface area contributed by atoms with Crippen molar-refractivity contribution in [2.45, 2.75) is 6.61 Å². The molecule has 0 saturated heterocycles. The van der Waals surface area contributed by atoms with Gasteiger partial charge >= 0.3 is 0 Å². The third kappa shape index (κ3) is 5.36. The van der Waals surface area contributed by atoms with Gasteiger partial charge < -0.3 is 9.72 Å². The molecule has 0 amide bonds. The summed E-state index contributed by atoms with van der Waals surface area (Å²) >= 11 is 0. The van der Waals surface area contributed by atoms with Crippen LogP contribution in [-0.2, 0) is 6.61 Å². The van der Waals surface area contributed by atoms with Crippen LogP contribution in [0.25, 0.3) is 11.1 Å². The normalized spacial score (nSPS) is 9.76. The lowest BCUT2D eigenvalue weighted by Crippen LogP contribution is -1.95. The average molecular weight is 328 g/mol. The van der Waals surface area contributed by atoms with Crippen molar-refractivity contribution in [3.8, 4) is 17.1 Å². The van der Waals surface area contributed by atoms with Gasteiger partial charge in [-0.3, -0.25) is 0 Å². The SMILES string of the molecule is c1ccc(-c2ccccc2)cc1.c1ccc(COc2ncc[nH]2)cc1. The highest BCUT2D eigenvalue weighted by molar-refractivity contribution is 5.62. The minimum Gasteiger partial charge on any atom is -0.460 e. The second kappa shape index (κ2) is 9.08. The van der Waals surface area contributed by atoms with Crippen molar-refractivity contribution in [2.24, 2.45) is 0 Å². The van der Waals surface area contributed by atoms with Crippen molar-refractivity contribution in [2.75, 3.05) is 0 Å². The molecule has 3 heteroatoms. The number of aromatic amines is 1. The number of benzene rings is 3. The first-order valence-corrected chi connectivity index (χ1v) is 8.18. The Morgan fingerprint density at radius 3 is 1.68 bits per heavy atom. The molecule has 0 aliphatic rings. The van der Waals surface area contributed by atoms with Crippen LogP contribution in [0.1, 0.15) is 5.56 Å². The summed E-state index contributed by atoms with van der Waals surface area (Å²) in [6.45, 7) is 0.550. The Morgan fingerprint density at radius 2 is 1.20 bits per heavy atom. The zero-order valence-electron chi connectivity index (χ0n) is 13.9. The molecule has 0 radical (unpaired) electrons. The number of aromatic nitrogens is 2. The predicted molar refractivity (Wildman–Crippen MR) is 101 cm³/mol. The van der Waals surface area contributed by atoms with Crippen LogP contribution >= 0.6 is 0 Å². The lowest BCUT2D eigenvalue weighted by atomic mass is 10.1. The van der Waals surface area contributed by atoms with Crippen LogP contribution < -0.4 is 4.74 Å². The van der Waals surface area contributed by atoms with E-state index in [-0.39, 0.29) is 0 Å². The molecule has 25 heavy (non-hydrogen) atoms. The average Bonchev–Trinajstić information content (AvgIpc) is 3.23. The molecule has 124 valence electrons. The van der Waals surface area contributed by atoms with Gasteiger partial charge in [0.1, 0.15) is 6.61 Å². The Hall–Kier alpha value is -3.33. The third-order valence-corrected chi connectivity index (χ3v) is 3.57. The second-order valence-corrected chi connectivity index (χ2v) is 5.40. The number of nitrogens with zero attached hydrogens (tertiary/aromatic N) is 1. The number of rotatable bonds is 4. The van der Waals surface area contributed by atoms with E-state index in [0.717, 1.165) is 5.56 Å². The van der Waals surface area contributed by atoms with Gasteiger partial charge in [0.2, 0.25) is 0 Å². The van der Waals surface area contributed by atoms with E-state index in [4.69, 9.17) is 4.74 Å². The molecular formula is C22H20N2O. The van der Waals surface area contributed by atoms with Crippen LogP contribution in [0.5, 0.6) is 6.01 Å². The standard InChI is InChI=1S/C12H10.C10H10N2O/c1-3-7-11(8-4-1)12-9-5-2-6-10-12;1-2-4-9(5-3-1)8-13-10-11-6-7-12-10/h1-10H;1-7H,8H2,(H,11,12). The summed E-state index contributed by atoms with van der Waals surface area (Å²) in [4.78, 5) is 6.83. The van der Waals surface area contributed by atoms with E-state index in [9.17, 15) is 0 Å². The molecule has 4 rings (SSSR count). The number of hydrogen-bond donors (Lipinski definition) is 1. The van der Waals surface area contributed by atoms with Crippen LogP contribution in [-0.4, -0.2) is 9.97 Å². The summed E-state index contributed by atoms with van der Waals surface area (Å²) < 4.78 is 5.37. The van der Waals surface area contributed by atoms with E-state index in [1.54, 1.807) is 12.4 Å². The van der Waals surface area contributed by atoms with Gasteiger partial charge in [-0.1, -0.05) is 91.0 Å². The molecule has 0 aliphatic heterocycles. The Balaban J connectivity index is 0.000000146. The minimum atomic E-state index is 0.550. The quantitative estimate of drug-likeness (QED) is 0.549. The van der Waals surface area contributed by atoms with Crippen molar-refractivity contribution in [1.29, 1.82) is 0 Å². The molecule has 0 unspecified atom stereocenters. The number of hydrogen-bond acceptors (Lipinski definition) is 2. The van der Waals surface area contributed by atoms with Crippen molar-refractivity contribution >= 4 is 0 Å². The maximum absolute atomic E-state index is 5.37. The Kier molecular flexibility index (Phi) is 6.01. The Morgan fingerprint density at radius 1 is 0.680 bits per heavy atom. The predicted octanol–water partition coefficient (Wildman–Crippen LogP) is 5.34. The number of nitrogens with one attached hydrogen (secondary N) is 1. The summed E-state index contributed by atoms with van der Waals surface area (Å²) in [6, 6.07) is 31.3. The molecule has 1 heterocycles. The summed E-state index contributed by atoms with van der Waals surface area (Å²) in [6.07, 6.45) is 3.40. The topological polar surface area (TPSA) is 37.9 Å². The van der Waals surface area contributed by atoms with Crippen LogP contribution in [0, 0.1) is 0 Å². The summed E-state index contributed by atoms with van der Waals surface area (Å²) in [5, 5.41) is 0. The zero-order chi connectivity index (χ0) is 17.2. The molecule has 0 spiro atoms. The molecule has 4 aromatic rings. The van der Waals surface area contributed by atoms with E-state index in [1.165, 1.54) is 11.1 Å². The zero-order valence-corrected chi connectivity index (χ0v) is 13.9. The smallest absolute Gasteiger partial charge is 0.293 e. The molecular weight excluding hydrogens is 308 g/mol. The van der Waals surface area contributed by atoms with Crippen LogP contribution in [0.4, 0.5) is 0 Å². The number of H-pyrrole nitrogens is 1. The van der Waals surface area contributed by atoms with Gasteiger partial charge in [0.15, 0.2) is 0 Å². The molecule has 1 N–H and O–H groups in total. The highest BCUT2D eigenvalue weighted by Crippen LogP contribution is 2.17. The Bertz CT molecular complexity index is 792. The van der Waals surface area contributed by atoms with Crippen LogP contribution in [0.2, 0.25) is 0 Å². The van der Waals surface area contributed by atoms with E-state index in [2.05, 4.69) is 58.5 Å². The monoisotopic (exact) mass is 328 g/mol. The molecule has 3 aromatic carbocycles. The van der Waals surface area contributed by atoms with E-state index in [1.807, 2.05) is 42.5 Å². The van der Waals surface area contributed by atoms with Gasteiger partial charge in [-0.05, 0) is 16.7 Å². The van der Waals surface area contributed by atoms with E-state index < -0.39 is 0 Å². The van der Waals surface area contributed by atoms with Gasteiger partial charge in [-0.15, -0.1) is 0 Å². The van der Waals surface area contributed by atoms with Gasteiger partial charge in [-0.2, -0.15) is 0 Å². The largest absolute Gasteiger partial charge is 0.460 e. The van der Waals surface area contributed by atoms with Crippen LogP contribution in [0.15, 0.2) is 103 Å². The fraction of sp³-hybridized carbons (Fsp3) is 0.0455. The van der Waals surface area contributed by atoms with Gasteiger partial charge in [0.25, 0.3) is 6.01 Å². The summed E-state index contributed by atoms with van der Waals surface area (Å²) in [5.41, 5.74) is 3.69. The highest BCUT2D eigenvalue weighted by atomic mass is 16.5. The molecule has 0 bridgehead atoms. The lowest BCUT2D eigenvalue weighted by Gasteiger charge is -2.01. The molecule has 0 aliphatic carbocycles. The Labute approximate surface area is 148 Å². The van der Waals surface area contributed by atoms with E-state index >= 15 is 0 Å². The second-order valence-electron chi connectivity index (χ2n) is 5.40. The lowest BCUT2D eigenvalue weighted by molar-refractivity contribution is 0.284. The highest BCUT2D eigenvalue weighted by Gasteiger charge is 1.95. The van der Waals surface area contributed by atoms with E-state index in [0.29, 0.717) is 12.6 Å².